The van der Waals surface area contributed by atoms with Gasteiger partial charge in [0.1, 0.15) is 5.75 Å². The number of nitrogens with two attached hydrogens (primary N) is 1. The first-order valence-corrected chi connectivity index (χ1v) is 5.93. The quantitative estimate of drug-likeness (QED) is 0.823. The number of phenols is 1. The van der Waals surface area contributed by atoms with Crippen LogP contribution in [-0.2, 0) is 12.0 Å². The Kier molecular flexibility index (Phi) is 3.64. The van der Waals surface area contributed by atoms with Crippen molar-refractivity contribution in [2.24, 2.45) is 5.73 Å². The summed E-state index contributed by atoms with van der Waals surface area (Å²) < 4.78 is 0. The van der Waals surface area contributed by atoms with Crippen LogP contribution in [0.15, 0.2) is 12.1 Å². The van der Waals surface area contributed by atoms with Crippen LogP contribution in [0.4, 0.5) is 0 Å². The second-order valence-electron chi connectivity index (χ2n) is 5.27. The maximum absolute atomic E-state index is 10.3. The smallest absolute Gasteiger partial charge is 0.124 e. The van der Waals surface area contributed by atoms with Crippen molar-refractivity contribution in [3.63, 3.8) is 0 Å². The molecule has 0 amide bonds. The van der Waals surface area contributed by atoms with Gasteiger partial charge in [0.15, 0.2) is 0 Å². The molecule has 3 N–H and O–H groups in total. The molecule has 0 atom stereocenters. The van der Waals surface area contributed by atoms with Crippen LogP contribution >= 0.6 is 0 Å². The molecule has 0 spiro atoms. The standard InChI is InChI=1S/C14H23NO/c1-6-10-7-8-11(9(2)3)12(13(10)16)14(4,5)15/h7-9,16H,6,15H2,1-5H3. The molecule has 0 aliphatic heterocycles. The molecule has 0 unspecified atom stereocenters. The Balaban J connectivity index is 3.50. The summed E-state index contributed by atoms with van der Waals surface area (Å²) >= 11 is 0. The molecule has 0 aliphatic carbocycles. The van der Waals surface area contributed by atoms with Gasteiger partial charge in [-0.1, -0.05) is 32.9 Å². The predicted molar refractivity (Wildman–Crippen MR) is 68.8 cm³/mol. The van der Waals surface area contributed by atoms with Gasteiger partial charge in [-0.15, -0.1) is 0 Å². The van der Waals surface area contributed by atoms with Gasteiger partial charge >= 0.3 is 0 Å². The summed E-state index contributed by atoms with van der Waals surface area (Å²) in [5.74, 6) is 0.746. The highest BCUT2D eigenvalue weighted by atomic mass is 16.3. The van der Waals surface area contributed by atoms with Crippen LogP contribution in [-0.4, -0.2) is 5.11 Å². The minimum Gasteiger partial charge on any atom is -0.507 e. The summed E-state index contributed by atoms with van der Waals surface area (Å²) in [6.45, 7) is 10.2. The minimum absolute atomic E-state index is 0.370. The Labute approximate surface area is 98.5 Å². The van der Waals surface area contributed by atoms with Crippen molar-refractivity contribution in [2.75, 3.05) is 0 Å². The Morgan fingerprint density at radius 2 is 1.88 bits per heavy atom. The summed E-state index contributed by atoms with van der Waals surface area (Å²) in [5.41, 5.74) is 8.66. The van der Waals surface area contributed by atoms with Crippen LogP contribution < -0.4 is 5.73 Å². The van der Waals surface area contributed by atoms with Gasteiger partial charge in [0, 0.05) is 11.1 Å². The first-order chi connectivity index (χ1) is 7.29. The number of rotatable bonds is 3. The topological polar surface area (TPSA) is 46.2 Å². The molecule has 16 heavy (non-hydrogen) atoms. The lowest BCUT2D eigenvalue weighted by Crippen LogP contribution is -2.30. The van der Waals surface area contributed by atoms with Crippen LogP contribution in [0.2, 0.25) is 0 Å². The van der Waals surface area contributed by atoms with Gasteiger partial charge in [0.2, 0.25) is 0 Å². The van der Waals surface area contributed by atoms with Crippen LogP contribution in [0.1, 0.15) is 57.2 Å². The Bertz CT molecular complexity index is 375. The van der Waals surface area contributed by atoms with Gasteiger partial charge in [-0.3, -0.25) is 0 Å². The molecule has 0 fully saturated rings. The molecule has 0 saturated heterocycles. The van der Waals surface area contributed by atoms with Crippen molar-refractivity contribution in [3.8, 4) is 5.75 Å². The third-order valence-electron chi connectivity index (χ3n) is 2.94. The zero-order chi connectivity index (χ0) is 12.5. The first-order valence-electron chi connectivity index (χ1n) is 5.93. The van der Waals surface area contributed by atoms with E-state index < -0.39 is 5.54 Å². The third kappa shape index (κ3) is 2.38. The molecular weight excluding hydrogens is 198 g/mol. The number of aryl methyl sites for hydroxylation is 1. The summed E-state index contributed by atoms with van der Waals surface area (Å²) in [6.07, 6.45) is 0.827. The molecule has 0 bridgehead atoms. The van der Waals surface area contributed by atoms with Crippen LogP contribution in [0, 0.1) is 0 Å². The van der Waals surface area contributed by atoms with Gasteiger partial charge in [-0.2, -0.15) is 0 Å². The summed E-state index contributed by atoms with van der Waals surface area (Å²) in [4.78, 5) is 0. The van der Waals surface area contributed by atoms with Crippen LogP contribution in [0.3, 0.4) is 0 Å². The first kappa shape index (κ1) is 13.0. The monoisotopic (exact) mass is 221 g/mol. The molecule has 1 rings (SSSR count). The molecular formula is C14H23NO. The number of phenolic OH excluding ortho intramolecular Hbond substituents is 1. The number of aromatic hydroxyl groups is 1. The second-order valence-corrected chi connectivity index (χ2v) is 5.27. The Morgan fingerprint density at radius 3 is 2.25 bits per heavy atom. The van der Waals surface area contributed by atoms with Crippen LogP contribution in [0.5, 0.6) is 5.75 Å². The average molecular weight is 221 g/mol. The van der Waals surface area contributed by atoms with Gasteiger partial charge in [-0.05, 0) is 37.3 Å². The highest BCUT2D eigenvalue weighted by molar-refractivity contribution is 5.50. The number of hydrogen-bond donors (Lipinski definition) is 2. The summed E-state index contributed by atoms with van der Waals surface area (Å²) in [6, 6.07) is 4.09. The highest BCUT2D eigenvalue weighted by Crippen LogP contribution is 2.36. The molecule has 0 heterocycles. The fourth-order valence-corrected chi connectivity index (χ4v) is 2.09. The van der Waals surface area contributed by atoms with E-state index in [-0.39, 0.29) is 0 Å². The number of benzene rings is 1. The van der Waals surface area contributed by atoms with Crippen LogP contribution in [0.25, 0.3) is 0 Å². The van der Waals surface area contributed by atoms with E-state index in [1.165, 1.54) is 0 Å². The van der Waals surface area contributed by atoms with E-state index >= 15 is 0 Å². The van der Waals surface area contributed by atoms with E-state index in [1.54, 1.807) is 0 Å². The van der Waals surface area contributed by atoms with E-state index in [0.29, 0.717) is 11.7 Å². The number of hydrogen-bond acceptors (Lipinski definition) is 2. The van der Waals surface area contributed by atoms with Crippen molar-refractivity contribution >= 4 is 0 Å². The lowest BCUT2D eigenvalue weighted by molar-refractivity contribution is 0.431. The maximum atomic E-state index is 10.3. The largest absolute Gasteiger partial charge is 0.507 e. The molecule has 0 aliphatic rings. The van der Waals surface area contributed by atoms with Crippen molar-refractivity contribution < 1.29 is 5.11 Å². The fraction of sp³-hybridized carbons (Fsp3) is 0.571. The maximum Gasteiger partial charge on any atom is 0.124 e. The normalized spacial score (nSPS) is 12.2. The van der Waals surface area contributed by atoms with Crippen molar-refractivity contribution in [3.05, 3.63) is 28.8 Å². The lowest BCUT2D eigenvalue weighted by Gasteiger charge is -2.27. The average Bonchev–Trinajstić information content (AvgIpc) is 2.14. The lowest BCUT2D eigenvalue weighted by atomic mass is 9.84. The van der Waals surface area contributed by atoms with Gasteiger partial charge in [0.05, 0.1) is 0 Å². The van der Waals surface area contributed by atoms with Gasteiger partial charge < -0.3 is 10.8 Å². The zero-order valence-electron chi connectivity index (χ0n) is 11.0. The van der Waals surface area contributed by atoms with E-state index in [9.17, 15) is 5.11 Å². The van der Waals surface area contributed by atoms with Crippen molar-refractivity contribution in [1.29, 1.82) is 0 Å². The molecule has 1 aromatic carbocycles. The molecule has 0 saturated carbocycles. The van der Waals surface area contributed by atoms with Gasteiger partial charge in [-0.25, -0.2) is 0 Å². The summed E-state index contributed by atoms with van der Waals surface area (Å²) in [5, 5.41) is 10.3. The van der Waals surface area contributed by atoms with Crippen molar-refractivity contribution in [2.45, 2.75) is 52.5 Å². The predicted octanol–water partition coefficient (Wildman–Crippen LogP) is 3.27. The van der Waals surface area contributed by atoms with Gasteiger partial charge in [0.25, 0.3) is 0 Å². The Morgan fingerprint density at radius 1 is 1.31 bits per heavy atom. The zero-order valence-corrected chi connectivity index (χ0v) is 11.0. The van der Waals surface area contributed by atoms with E-state index in [2.05, 4.69) is 19.9 Å². The van der Waals surface area contributed by atoms with E-state index in [1.807, 2.05) is 26.8 Å². The SMILES string of the molecule is CCc1ccc(C(C)C)c(C(C)(C)N)c1O. The second kappa shape index (κ2) is 4.46. The highest BCUT2D eigenvalue weighted by Gasteiger charge is 2.25. The third-order valence-corrected chi connectivity index (χ3v) is 2.94. The van der Waals surface area contributed by atoms with E-state index in [0.717, 1.165) is 23.1 Å². The molecule has 1 aromatic rings. The molecule has 90 valence electrons. The molecule has 2 heteroatoms. The Hall–Kier alpha value is -1.02. The molecule has 0 aromatic heterocycles. The molecule has 0 radical (unpaired) electrons. The van der Waals surface area contributed by atoms with Crippen molar-refractivity contribution in [1.82, 2.24) is 0 Å². The summed E-state index contributed by atoms with van der Waals surface area (Å²) in [7, 11) is 0. The molecule has 2 nitrogen and oxygen atoms in total. The minimum atomic E-state index is -0.505. The van der Waals surface area contributed by atoms with E-state index in [4.69, 9.17) is 5.73 Å². The fourth-order valence-electron chi connectivity index (χ4n) is 2.09.